The Morgan fingerprint density at radius 3 is 2.53 bits per heavy atom. The molecule has 0 saturated carbocycles. The number of benzene rings is 1. The van der Waals surface area contributed by atoms with Crippen molar-refractivity contribution in [2.75, 3.05) is 6.61 Å². The lowest BCUT2D eigenvalue weighted by Crippen LogP contribution is -2.29. The van der Waals surface area contributed by atoms with Gasteiger partial charge >= 0.3 is 0 Å². The summed E-state index contributed by atoms with van der Waals surface area (Å²) in [6.45, 7) is 2.53. The third kappa shape index (κ3) is 3.04. The smallest absolute Gasteiger partial charge is 0.160 e. The molecular weight excluding hydrogens is 220 g/mol. The second-order valence-corrected chi connectivity index (χ2v) is 4.42. The third-order valence-corrected chi connectivity index (χ3v) is 3.08. The number of aliphatic hydroxyl groups is 2. The monoisotopic (exact) mass is 238 g/mol. The van der Waals surface area contributed by atoms with Crippen molar-refractivity contribution in [3.8, 4) is 0 Å². The molecule has 1 aliphatic heterocycles. The zero-order valence-electron chi connectivity index (χ0n) is 9.82. The highest BCUT2D eigenvalue weighted by Gasteiger charge is 2.39. The summed E-state index contributed by atoms with van der Waals surface area (Å²) < 4.78 is 10.7. The molecule has 4 heteroatoms. The van der Waals surface area contributed by atoms with Gasteiger partial charge in [0.1, 0.15) is 6.10 Å². The summed E-state index contributed by atoms with van der Waals surface area (Å²) in [6.07, 6.45) is -2.00. The molecule has 4 nitrogen and oxygen atoms in total. The molecule has 1 aromatic rings. The fraction of sp³-hybridized carbons (Fsp3) is 0.538. The highest BCUT2D eigenvalue weighted by Crippen LogP contribution is 2.25. The summed E-state index contributed by atoms with van der Waals surface area (Å²) in [5, 5.41) is 19.2. The van der Waals surface area contributed by atoms with E-state index < -0.39 is 18.5 Å². The quantitative estimate of drug-likeness (QED) is 0.819. The lowest BCUT2D eigenvalue weighted by molar-refractivity contribution is -0.124. The number of hydrogen-bond acceptors (Lipinski definition) is 4. The largest absolute Gasteiger partial charge is 0.390 e. The first-order chi connectivity index (χ1) is 8.18. The van der Waals surface area contributed by atoms with Crippen LogP contribution in [-0.4, -0.2) is 35.3 Å². The SMILES string of the molecule is C[C@H]1[C@H](O)[C@@H](COCc2ccccc2)O[C@H]1O. The Morgan fingerprint density at radius 2 is 1.94 bits per heavy atom. The van der Waals surface area contributed by atoms with Crippen LogP contribution in [0, 0.1) is 5.92 Å². The van der Waals surface area contributed by atoms with Crippen molar-refractivity contribution >= 4 is 0 Å². The minimum atomic E-state index is -0.893. The maximum Gasteiger partial charge on any atom is 0.160 e. The summed E-state index contributed by atoms with van der Waals surface area (Å²) in [5.74, 6) is -0.264. The molecule has 1 aromatic carbocycles. The molecule has 1 fully saturated rings. The molecule has 2 N–H and O–H groups in total. The zero-order chi connectivity index (χ0) is 12.3. The van der Waals surface area contributed by atoms with Crippen molar-refractivity contribution in [3.05, 3.63) is 35.9 Å². The van der Waals surface area contributed by atoms with Crippen molar-refractivity contribution < 1.29 is 19.7 Å². The van der Waals surface area contributed by atoms with Gasteiger partial charge in [0.2, 0.25) is 0 Å². The van der Waals surface area contributed by atoms with Gasteiger partial charge in [0.05, 0.1) is 19.3 Å². The zero-order valence-corrected chi connectivity index (χ0v) is 9.82. The van der Waals surface area contributed by atoms with E-state index in [2.05, 4.69) is 0 Å². The molecule has 0 unspecified atom stereocenters. The second-order valence-electron chi connectivity index (χ2n) is 4.42. The van der Waals surface area contributed by atoms with Gasteiger partial charge in [-0.3, -0.25) is 0 Å². The summed E-state index contributed by atoms with van der Waals surface area (Å²) in [6, 6.07) is 9.80. The van der Waals surface area contributed by atoms with Crippen LogP contribution in [-0.2, 0) is 16.1 Å². The van der Waals surface area contributed by atoms with Gasteiger partial charge in [-0.05, 0) is 5.56 Å². The highest BCUT2D eigenvalue weighted by molar-refractivity contribution is 5.13. The van der Waals surface area contributed by atoms with Crippen LogP contribution in [0.2, 0.25) is 0 Å². The van der Waals surface area contributed by atoms with Gasteiger partial charge in [0.25, 0.3) is 0 Å². The highest BCUT2D eigenvalue weighted by atomic mass is 16.6. The average Bonchev–Trinajstić information content (AvgIpc) is 2.59. The lowest BCUT2D eigenvalue weighted by Gasteiger charge is -2.14. The first-order valence-electron chi connectivity index (χ1n) is 5.81. The van der Waals surface area contributed by atoms with Crippen LogP contribution >= 0.6 is 0 Å². The van der Waals surface area contributed by atoms with Crippen LogP contribution in [0.15, 0.2) is 30.3 Å². The Labute approximate surface area is 101 Å². The molecule has 94 valence electrons. The molecular formula is C13H18O4. The van der Waals surface area contributed by atoms with Gasteiger partial charge in [0.15, 0.2) is 6.29 Å². The van der Waals surface area contributed by atoms with Gasteiger partial charge in [-0.1, -0.05) is 37.3 Å². The van der Waals surface area contributed by atoms with Crippen molar-refractivity contribution in [3.63, 3.8) is 0 Å². The molecule has 0 aromatic heterocycles. The Morgan fingerprint density at radius 1 is 1.24 bits per heavy atom. The van der Waals surface area contributed by atoms with Crippen LogP contribution in [0.25, 0.3) is 0 Å². The minimum Gasteiger partial charge on any atom is -0.390 e. The predicted molar refractivity (Wildman–Crippen MR) is 62.1 cm³/mol. The standard InChI is InChI=1S/C13H18O4/c1-9-12(14)11(17-13(9)15)8-16-7-10-5-3-2-4-6-10/h2-6,9,11-15H,7-8H2,1H3/t9-,11+,12-,13+/m0/s1. The van der Waals surface area contributed by atoms with Gasteiger partial charge in [0, 0.05) is 5.92 Å². The summed E-state index contributed by atoms with van der Waals surface area (Å²) >= 11 is 0. The van der Waals surface area contributed by atoms with E-state index >= 15 is 0 Å². The fourth-order valence-corrected chi connectivity index (χ4v) is 1.90. The molecule has 0 amide bonds. The van der Waals surface area contributed by atoms with Gasteiger partial charge in [-0.25, -0.2) is 0 Å². The third-order valence-electron chi connectivity index (χ3n) is 3.08. The maximum absolute atomic E-state index is 9.76. The van der Waals surface area contributed by atoms with Crippen LogP contribution in [0.1, 0.15) is 12.5 Å². The fourth-order valence-electron chi connectivity index (χ4n) is 1.90. The minimum absolute atomic E-state index is 0.264. The van der Waals surface area contributed by atoms with Crippen molar-refractivity contribution in [1.82, 2.24) is 0 Å². The van der Waals surface area contributed by atoms with Crippen LogP contribution < -0.4 is 0 Å². The maximum atomic E-state index is 9.76. The van der Waals surface area contributed by atoms with Gasteiger partial charge in [-0.15, -0.1) is 0 Å². The molecule has 1 aliphatic rings. The summed E-state index contributed by atoms with van der Waals surface area (Å²) in [4.78, 5) is 0. The number of aliphatic hydroxyl groups excluding tert-OH is 2. The summed E-state index contributed by atoms with van der Waals surface area (Å²) in [7, 11) is 0. The summed E-state index contributed by atoms with van der Waals surface area (Å²) in [5.41, 5.74) is 1.08. The Balaban J connectivity index is 1.76. The lowest BCUT2D eigenvalue weighted by atomic mass is 10.0. The molecule has 2 rings (SSSR count). The topological polar surface area (TPSA) is 58.9 Å². The van der Waals surface area contributed by atoms with E-state index in [0.717, 1.165) is 5.56 Å². The van der Waals surface area contributed by atoms with E-state index in [0.29, 0.717) is 6.61 Å². The molecule has 1 heterocycles. The molecule has 0 spiro atoms. The molecule has 0 bridgehead atoms. The van der Waals surface area contributed by atoms with Gasteiger partial charge in [-0.2, -0.15) is 0 Å². The van der Waals surface area contributed by atoms with Crippen LogP contribution in [0.3, 0.4) is 0 Å². The van der Waals surface area contributed by atoms with E-state index in [9.17, 15) is 10.2 Å². The van der Waals surface area contributed by atoms with Gasteiger partial charge < -0.3 is 19.7 Å². The first-order valence-corrected chi connectivity index (χ1v) is 5.81. The second kappa shape index (κ2) is 5.60. The van der Waals surface area contributed by atoms with E-state index in [4.69, 9.17) is 9.47 Å². The molecule has 1 saturated heterocycles. The van der Waals surface area contributed by atoms with Crippen LogP contribution in [0.5, 0.6) is 0 Å². The van der Waals surface area contributed by atoms with Crippen molar-refractivity contribution in [2.24, 2.45) is 5.92 Å². The molecule has 0 radical (unpaired) electrons. The molecule has 0 aliphatic carbocycles. The normalized spacial score (nSPS) is 32.9. The van der Waals surface area contributed by atoms with Crippen LogP contribution in [0.4, 0.5) is 0 Å². The first kappa shape index (κ1) is 12.5. The van der Waals surface area contributed by atoms with E-state index in [1.807, 2.05) is 30.3 Å². The molecule has 17 heavy (non-hydrogen) atoms. The van der Waals surface area contributed by atoms with E-state index in [-0.39, 0.29) is 12.5 Å². The number of ether oxygens (including phenoxy) is 2. The van der Waals surface area contributed by atoms with E-state index in [1.54, 1.807) is 6.92 Å². The van der Waals surface area contributed by atoms with Crippen molar-refractivity contribution in [2.45, 2.75) is 32.0 Å². The number of rotatable bonds is 4. The molecule has 4 atom stereocenters. The Bertz CT molecular complexity index is 341. The Hall–Kier alpha value is -0.940. The average molecular weight is 238 g/mol. The predicted octanol–water partition coefficient (Wildman–Crippen LogP) is 0.917. The Kier molecular flexibility index (Phi) is 4.12. The van der Waals surface area contributed by atoms with E-state index in [1.165, 1.54) is 0 Å². The van der Waals surface area contributed by atoms with Crippen molar-refractivity contribution in [1.29, 1.82) is 0 Å². The number of hydrogen-bond donors (Lipinski definition) is 2.